The van der Waals surface area contributed by atoms with Gasteiger partial charge in [-0.05, 0) is 54.5 Å². The molecule has 1 N–H and O–H groups in total. The van der Waals surface area contributed by atoms with Gasteiger partial charge in [0.25, 0.3) is 5.69 Å². The van der Waals surface area contributed by atoms with Crippen LogP contribution in [0.1, 0.15) is 56.6 Å². The smallest absolute Gasteiger partial charge is 0.336 e. The Morgan fingerprint density at radius 1 is 1.13 bits per heavy atom. The molecule has 1 heterocycles. The number of allylic oxidation sites excluding steroid dienone is 3. The Morgan fingerprint density at radius 3 is 2.49 bits per heavy atom. The fourth-order valence-electron chi connectivity index (χ4n) is 5.15. The zero-order valence-electron chi connectivity index (χ0n) is 22.5. The van der Waals surface area contributed by atoms with Crippen LogP contribution in [0.15, 0.2) is 58.9 Å². The van der Waals surface area contributed by atoms with E-state index < -0.39 is 16.8 Å². The van der Waals surface area contributed by atoms with E-state index in [0.717, 1.165) is 5.56 Å². The highest BCUT2D eigenvalue weighted by molar-refractivity contribution is 6.31. The normalized spacial score (nSPS) is 19.0. The predicted molar refractivity (Wildman–Crippen MR) is 146 cm³/mol. The lowest BCUT2D eigenvalue weighted by atomic mass is 9.71. The van der Waals surface area contributed by atoms with Crippen LogP contribution in [0.3, 0.4) is 0 Å². The molecule has 9 nitrogen and oxygen atoms in total. The van der Waals surface area contributed by atoms with Crippen molar-refractivity contribution in [1.82, 2.24) is 5.32 Å². The number of dihydropyridines is 1. The fourth-order valence-corrected chi connectivity index (χ4v) is 5.38. The van der Waals surface area contributed by atoms with E-state index in [4.69, 9.17) is 25.8 Å². The zero-order valence-corrected chi connectivity index (χ0v) is 23.3. The maximum Gasteiger partial charge on any atom is 0.336 e. The van der Waals surface area contributed by atoms with Crippen molar-refractivity contribution in [3.05, 3.63) is 85.2 Å². The second-order valence-corrected chi connectivity index (χ2v) is 10.5. The highest BCUT2D eigenvalue weighted by atomic mass is 35.5. The van der Waals surface area contributed by atoms with Gasteiger partial charge in [-0.2, -0.15) is 0 Å². The number of non-ortho nitro benzene ring substituents is 1. The number of benzene rings is 2. The van der Waals surface area contributed by atoms with Crippen LogP contribution in [0.2, 0.25) is 5.02 Å². The lowest BCUT2D eigenvalue weighted by Gasteiger charge is -2.37. The number of Topliss-reactive ketones (excluding diaryl/α,β-unsaturated/α-hetero) is 1. The van der Waals surface area contributed by atoms with Gasteiger partial charge in [-0.3, -0.25) is 14.9 Å². The maximum absolute atomic E-state index is 13.8. The molecule has 1 aliphatic heterocycles. The molecule has 0 bridgehead atoms. The number of methoxy groups -OCH3 is 2. The predicted octanol–water partition coefficient (Wildman–Crippen LogP) is 5.83. The molecule has 2 aromatic carbocycles. The molecule has 4 rings (SSSR count). The molecule has 206 valence electrons. The standard InChI is InChI=1S/C29H31ClN2O7/c1-15(2)14-39-29(34)26-16(3)31-22-10-18(17-6-9-24(37-4)25(12-17)38-5)11-23(33)28(22)27(26)20-13-19(32(35)36)7-8-21(20)30/h6-9,12-13,15,18,27,31H,10-11,14H2,1-5H3/t18-,27+/m1/s1. The molecule has 0 fully saturated rings. The van der Waals surface area contributed by atoms with E-state index in [0.29, 0.717) is 40.5 Å². The Kier molecular flexibility index (Phi) is 8.30. The van der Waals surface area contributed by atoms with Crippen molar-refractivity contribution in [3.63, 3.8) is 0 Å². The summed E-state index contributed by atoms with van der Waals surface area (Å²) in [4.78, 5) is 38.3. The van der Waals surface area contributed by atoms with Crippen molar-refractivity contribution in [2.45, 2.75) is 45.4 Å². The molecule has 2 atom stereocenters. The fraction of sp³-hybridized carbons (Fsp3) is 0.379. The first kappa shape index (κ1) is 28.2. The Morgan fingerprint density at radius 2 is 1.85 bits per heavy atom. The molecule has 0 spiro atoms. The van der Waals surface area contributed by atoms with Crippen molar-refractivity contribution in [1.29, 1.82) is 0 Å². The summed E-state index contributed by atoms with van der Waals surface area (Å²) in [5, 5.41) is 15.1. The van der Waals surface area contributed by atoms with Crippen LogP contribution in [-0.2, 0) is 14.3 Å². The topological polar surface area (TPSA) is 117 Å². The molecule has 0 radical (unpaired) electrons. The Hall–Kier alpha value is -3.85. The van der Waals surface area contributed by atoms with E-state index in [1.54, 1.807) is 27.2 Å². The minimum Gasteiger partial charge on any atom is -0.493 e. The highest BCUT2D eigenvalue weighted by Gasteiger charge is 2.42. The number of ether oxygens (including phenoxy) is 3. The minimum absolute atomic E-state index is 0.0968. The molecule has 0 amide bonds. The molecule has 0 unspecified atom stereocenters. The molecular weight excluding hydrogens is 524 g/mol. The van der Waals surface area contributed by atoms with Gasteiger partial charge in [-0.1, -0.05) is 31.5 Å². The van der Waals surface area contributed by atoms with Crippen LogP contribution >= 0.6 is 11.6 Å². The monoisotopic (exact) mass is 554 g/mol. The lowest BCUT2D eigenvalue weighted by Crippen LogP contribution is -2.36. The Bertz CT molecular complexity index is 1400. The van der Waals surface area contributed by atoms with Crippen molar-refractivity contribution in [2.75, 3.05) is 20.8 Å². The number of hydrogen-bond acceptors (Lipinski definition) is 8. The van der Waals surface area contributed by atoms with Gasteiger partial charge in [0.05, 0.1) is 31.3 Å². The first-order valence-corrected chi connectivity index (χ1v) is 13.0. The number of esters is 1. The number of nitrogens with one attached hydrogen (secondary N) is 1. The highest BCUT2D eigenvalue weighted by Crippen LogP contribution is 2.48. The second-order valence-electron chi connectivity index (χ2n) is 10.1. The number of nitro benzene ring substituents is 1. The average Bonchev–Trinajstić information content (AvgIpc) is 2.90. The summed E-state index contributed by atoms with van der Waals surface area (Å²) in [6, 6.07) is 9.61. The Balaban J connectivity index is 1.82. The van der Waals surface area contributed by atoms with Crippen LogP contribution in [0.5, 0.6) is 11.5 Å². The molecule has 2 aliphatic rings. The number of hydrogen-bond donors (Lipinski definition) is 1. The van der Waals surface area contributed by atoms with Crippen molar-refractivity contribution < 1.29 is 28.7 Å². The van der Waals surface area contributed by atoms with Crippen LogP contribution in [0, 0.1) is 16.0 Å². The third-order valence-electron chi connectivity index (χ3n) is 6.98. The molecule has 39 heavy (non-hydrogen) atoms. The van der Waals surface area contributed by atoms with Crippen molar-refractivity contribution >= 4 is 29.0 Å². The molecular formula is C29H31ClN2O7. The maximum atomic E-state index is 13.8. The number of carbonyl (C=O) groups is 2. The van der Waals surface area contributed by atoms with Gasteiger partial charge in [-0.25, -0.2) is 4.79 Å². The van der Waals surface area contributed by atoms with Gasteiger partial charge in [0.1, 0.15) is 0 Å². The summed E-state index contributed by atoms with van der Waals surface area (Å²) in [6.07, 6.45) is 0.650. The number of rotatable bonds is 8. The summed E-state index contributed by atoms with van der Waals surface area (Å²) in [5.41, 5.74) is 2.78. The number of halogens is 1. The van der Waals surface area contributed by atoms with Gasteiger partial charge < -0.3 is 19.5 Å². The van der Waals surface area contributed by atoms with E-state index in [1.807, 2.05) is 26.0 Å². The molecule has 10 heteroatoms. The number of nitrogens with zero attached hydrogens (tertiary/aromatic N) is 1. The number of carbonyl (C=O) groups excluding carboxylic acids is 2. The minimum atomic E-state index is -0.910. The average molecular weight is 555 g/mol. The largest absolute Gasteiger partial charge is 0.493 e. The quantitative estimate of drug-likeness (QED) is 0.246. The van der Waals surface area contributed by atoms with Gasteiger partial charge in [0.2, 0.25) is 0 Å². The SMILES string of the molecule is COc1ccc([C@H]2CC(=O)C3=C(C2)NC(C)=C(C(=O)OCC(C)C)[C@@H]3c2cc([N+](=O)[O-])ccc2Cl)cc1OC. The molecule has 2 aromatic rings. The summed E-state index contributed by atoms with van der Waals surface area (Å²) < 4.78 is 16.4. The van der Waals surface area contributed by atoms with Crippen LogP contribution < -0.4 is 14.8 Å². The van der Waals surface area contributed by atoms with Crippen LogP contribution in [-0.4, -0.2) is 37.5 Å². The summed E-state index contributed by atoms with van der Waals surface area (Å²) in [7, 11) is 3.11. The first-order valence-electron chi connectivity index (χ1n) is 12.6. The first-order chi connectivity index (χ1) is 18.5. The summed E-state index contributed by atoms with van der Waals surface area (Å²) in [6.45, 7) is 5.76. The molecule has 0 saturated heterocycles. The van der Waals surface area contributed by atoms with E-state index in [-0.39, 0.29) is 46.9 Å². The van der Waals surface area contributed by atoms with Crippen molar-refractivity contribution in [2.24, 2.45) is 5.92 Å². The third-order valence-corrected chi connectivity index (χ3v) is 7.32. The van der Waals surface area contributed by atoms with Gasteiger partial charge in [0, 0.05) is 46.5 Å². The third kappa shape index (κ3) is 5.63. The lowest BCUT2D eigenvalue weighted by molar-refractivity contribution is -0.384. The number of ketones is 1. The summed E-state index contributed by atoms with van der Waals surface area (Å²) in [5.74, 6) is -0.603. The van der Waals surface area contributed by atoms with E-state index in [9.17, 15) is 19.7 Å². The van der Waals surface area contributed by atoms with Gasteiger partial charge in [-0.15, -0.1) is 0 Å². The summed E-state index contributed by atoms with van der Waals surface area (Å²) >= 11 is 6.57. The van der Waals surface area contributed by atoms with Crippen LogP contribution in [0.4, 0.5) is 5.69 Å². The van der Waals surface area contributed by atoms with E-state index >= 15 is 0 Å². The molecule has 0 aromatic heterocycles. The van der Waals surface area contributed by atoms with Crippen molar-refractivity contribution in [3.8, 4) is 11.5 Å². The van der Waals surface area contributed by atoms with Gasteiger partial charge in [0.15, 0.2) is 17.3 Å². The number of nitro groups is 1. The van der Waals surface area contributed by atoms with Crippen LogP contribution in [0.25, 0.3) is 0 Å². The second kappa shape index (κ2) is 11.5. The Labute approximate surface area is 231 Å². The molecule has 1 aliphatic carbocycles. The molecule has 0 saturated carbocycles. The van der Waals surface area contributed by atoms with Gasteiger partial charge >= 0.3 is 5.97 Å². The van der Waals surface area contributed by atoms with E-state index in [2.05, 4.69) is 5.32 Å². The zero-order chi connectivity index (χ0) is 28.4. The van der Waals surface area contributed by atoms with E-state index in [1.165, 1.54) is 18.2 Å².